The minimum absolute atomic E-state index is 0.120. The number of likely N-dealkylation sites (tertiary alicyclic amines) is 1. The molecule has 0 spiro atoms. The van der Waals surface area contributed by atoms with Crippen LogP contribution in [-0.4, -0.2) is 66.6 Å². The SMILES string of the molecule is CC.CC(C)(C)c1ccc(N2CCN(CCCC(=S)N3CCC(Nc4ccc(N)c(C(F)(F)F)c4)CC3)CC2)cc1. The minimum atomic E-state index is -4.46. The van der Waals surface area contributed by atoms with Gasteiger partial charge in [0, 0.05) is 62.4 Å². The Kier molecular flexibility index (Phi) is 11.7. The Morgan fingerprint density at radius 1 is 0.927 bits per heavy atom. The van der Waals surface area contributed by atoms with Gasteiger partial charge in [-0.15, -0.1) is 0 Å². The van der Waals surface area contributed by atoms with Crippen LogP contribution >= 0.6 is 12.2 Å². The van der Waals surface area contributed by atoms with E-state index in [2.05, 4.69) is 65.1 Å². The van der Waals surface area contributed by atoms with Crippen molar-refractivity contribution in [2.75, 3.05) is 61.8 Å². The van der Waals surface area contributed by atoms with Gasteiger partial charge in [-0.25, -0.2) is 0 Å². The van der Waals surface area contributed by atoms with Crippen LogP contribution in [0.4, 0.5) is 30.2 Å². The lowest BCUT2D eigenvalue weighted by atomic mass is 9.87. The largest absolute Gasteiger partial charge is 0.418 e. The summed E-state index contributed by atoms with van der Waals surface area (Å²) in [6.45, 7) is 17.6. The minimum Gasteiger partial charge on any atom is -0.398 e. The second-order valence-electron chi connectivity index (χ2n) is 11.8. The molecule has 0 unspecified atom stereocenters. The van der Waals surface area contributed by atoms with Crippen LogP contribution in [0.3, 0.4) is 0 Å². The number of nitrogens with one attached hydrogen (secondary N) is 1. The van der Waals surface area contributed by atoms with Gasteiger partial charge >= 0.3 is 6.18 Å². The number of piperazine rings is 1. The van der Waals surface area contributed by atoms with Crippen molar-refractivity contribution in [1.29, 1.82) is 0 Å². The zero-order valence-electron chi connectivity index (χ0n) is 25.4. The molecule has 0 bridgehead atoms. The highest BCUT2D eigenvalue weighted by Crippen LogP contribution is 2.35. The zero-order valence-corrected chi connectivity index (χ0v) is 26.2. The van der Waals surface area contributed by atoms with E-state index < -0.39 is 11.7 Å². The fourth-order valence-electron chi connectivity index (χ4n) is 5.41. The summed E-state index contributed by atoms with van der Waals surface area (Å²) in [7, 11) is 0. The third kappa shape index (κ3) is 9.50. The maximum atomic E-state index is 13.2. The van der Waals surface area contributed by atoms with Gasteiger partial charge in [0.2, 0.25) is 0 Å². The van der Waals surface area contributed by atoms with Crippen molar-refractivity contribution in [3.05, 3.63) is 53.6 Å². The van der Waals surface area contributed by atoms with Crippen molar-refractivity contribution in [2.45, 2.75) is 77.9 Å². The number of anilines is 3. The van der Waals surface area contributed by atoms with E-state index in [-0.39, 0.29) is 17.1 Å². The molecule has 0 atom stereocenters. The number of alkyl halides is 3. The number of nitrogens with two attached hydrogens (primary N) is 1. The molecule has 4 rings (SSSR count). The number of nitrogen functional groups attached to an aromatic ring is 1. The molecule has 3 N–H and O–H groups in total. The first-order chi connectivity index (χ1) is 19.4. The molecular weight excluding hydrogens is 543 g/mol. The first-order valence-corrected chi connectivity index (χ1v) is 15.4. The van der Waals surface area contributed by atoms with Gasteiger partial charge in [0.25, 0.3) is 0 Å². The zero-order chi connectivity index (χ0) is 30.2. The number of hydrogen-bond acceptors (Lipinski definition) is 5. The highest BCUT2D eigenvalue weighted by molar-refractivity contribution is 7.80. The Labute approximate surface area is 250 Å². The van der Waals surface area contributed by atoms with E-state index >= 15 is 0 Å². The summed E-state index contributed by atoms with van der Waals surface area (Å²) in [6.07, 6.45) is -0.837. The van der Waals surface area contributed by atoms with Gasteiger partial charge in [-0.1, -0.05) is 59.0 Å². The summed E-state index contributed by atoms with van der Waals surface area (Å²) in [5.41, 5.74) is 7.78. The van der Waals surface area contributed by atoms with Crippen molar-refractivity contribution in [1.82, 2.24) is 9.80 Å². The van der Waals surface area contributed by atoms with Gasteiger partial charge in [0.05, 0.1) is 10.6 Å². The Bertz CT molecular complexity index is 1100. The lowest BCUT2D eigenvalue weighted by Gasteiger charge is -2.37. The van der Waals surface area contributed by atoms with Crippen molar-refractivity contribution >= 4 is 34.3 Å². The Morgan fingerprint density at radius 3 is 2.10 bits per heavy atom. The van der Waals surface area contributed by atoms with Gasteiger partial charge in [0.15, 0.2) is 0 Å². The second kappa shape index (κ2) is 14.6. The summed E-state index contributed by atoms with van der Waals surface area (Å²) in [5.74, 6) is 0. The topological polar surface area (TPSA) is 47.8 Å². The number of halogens is 3. The molecule has 2 aromatic rings. The summed E-state index contributed by atoms with van der Waals surface area (Å²) >= 11 is 5.74. The van der Waals surface area contributed by atoms with Crippen LogP contribution in [0.25, 0.3) is 0 Å². The van der Waals surface area contributed by atoms with E-state index in [0.29, 0.717) is 5.69 Å². The normalized spacial score (nSPS) is 17.2. The number of nitrogens with zero attached hydrogens (tertiary/aromatic N) is 3. The average molecular weight is 592 g/mol. The molecule has 9 heteroatoms. The Balaban J connectivity index is 0.00000226. The molecule has 0 aliphatic carbocycles. The van der Waals surface area contributed by atoms with E-state index in [1.165, 1.54) is 17.3 Å². The molecular formula is C32H48F3N5S. The van der Waals surface area contributed by atoms with Gasteiger partial charge in [0.1, 0.15) is 0 Å². The smallest absolute Gasteiger partial charge is 0.398 e. The first kappa shape index (κ1) is 33.0. The fraction of sp³-hybridized carbons (Fsp3) is 0.594. The van der Waals surface area contributed by atoms with Gasteiger partial charge < -0.3 is 20.9 Å². The first-order valence-electron chi connectivity index (χ1n) is 15.0. The molecule has 2 heterocycles. The number of thiocarbonyl (C=S) groups is 1. The Hall–Kier alpha value is -2.52. The lowest BCUT2D eigenvalue weighted by Crippen LogP contribution is -2.47. The Morgan fingerprint density at radius 2 is 1.54 bits per heavy atom. The highest BCUT2D eigenvalue weighted by Gasteiger charge is 2.33. The summed E-state index contributed by atoms with van der Waals surface area (Å²) in [5, 5.41) is 3.25. The van der Waals surface area contributed by atoms with Crippen molar-refractivity contribution in [3.63, 3.8) is 0 Å². The van der Waals surface area contributed by atoms with Crippen LogP contribution < -0.4 is 16.0 Å². The van der Waals surface area contributed by atoms with Gasteiger partial charge in [-0.3, -0.25) is 4.90 Å². The van der Waals surface area contributed by atoms with Crippen LogP contribution in [0.5, 0.6) is 0 Å². The van der Waals surface area contributed by atoms with E-state index in [1.54, 1.807) is 6.07 Å². The molecule has 0 radical (unpaired) electrons. The molecule has 5 nitrogen and oxygen atoms in total. The number of hydrogen-bond donors (Lipinski definition) is 2. The quantitative estimate of drug-likeness (QED) is 0.258. The van der Waals surface area contributed by atoms with Crippen molar-refractivity contribution in [2.24, 2.45) is 0 Å². The third-order valence-electron chi connectivity index (χ3n) is 7.91. The van der Waals surface area contributed by atoms with E-state index in [4.69, 9.17) is 18.0 Å². The highest BCUT2D eigenvalue weighted by atomic mass is 32.1. The number of benzene rings is 2. The van der Waals surface area contributed by atoms with Crippen LogP contribution in [0, 0.1) is 0 Å². The molecule has 228 valence electrons. The number of rotatable bonds is 7. The van der Waals surface area contributed by atoms with E-state index in [9.17, 15) is 13.2 Å². The molecule has 2 aliphatic heterocycles. The molecule has 2 fully saturated rings. The fourth-order valence-corrected chi connectivity index (χ4v) is 5.74. The molecule has 2 aliphatic rings. The monoisotopic (exact) mass is 591 g/mol. The predicted octanol–water partition coefficient (Wildman–Crippen LogP) is 7.42. The van der Waals surface area contributed by atoms with Crippen LogP contribution in [0.15, 0.2) is 42.5 Å². The van der Waals surface area contributed by atoms with Crippen LogP contribution in [0.1, 0.15) is 71.4 Å². The summed E-state index contributed by atoms with van der Waals surface area (Å²) in [6, 6.07) is 13.2. The lowest BCUT2D eigenvalue weighted by molar-refractivity contribution is -0.136. The van der Waals surface area contributed by atoms with Crippen molar-refractivity contribution < 1.29 is 13.2 Å². The van der Waals surface area contributed by atoms with E-state index in [0.717, 1.165) is 82.6 Å². The third-order valence-corrected chi connectivity index (χ3v) is 8.38. The van der Waals surface area contributed by atoms with Crippen molar-refractivity contribution in [3.8, 4) is 0 Å². The molecule has 2 saturated heterocycles. The predicted molar refractivity (Wildman–Crippen MR) is 171 cm³/mol. The molecule has 0 aromatic heterocycles. The van der Waals surface area contributed by atoms with Crippen LogP contribution in [-0.2, 0) is 11.6 Å². The second-order valence-corrected chi connectivity index (χ2v) is 12.3. The van der Waals surface area contributed by atoms with Crippen LogP contribution in [0.2, 0.25) is 0 Å². The molecule has 2 aromatic carbocycles. The summed E-state index contributed by atoms with van der Waals surface area (Å²) < 4.78 is 39.5. The molecule has 0 amide bonds. The number of piperidine rings is 1. The average Bonchev–Trinajstić information content (AvgIpc) is 2.95. The maximum Gasteiger partial charge on any atom is 0.418 e. The summed E-state index contributed by atoms with van der Waals surface area (Å²) in [4.78, 5) is 8.26. The van der Waals surface area contributed by atoms with Gasteiger partial charge in [-0.05, 0) is 73.5 Å². The van der Waals surface area contributed by atoms with Gasteiger partial charge in [-0.2, -0.15) is 13.2 Å². The maximum absolute atomic E-state index is 13.2. The molecule has 41 heavy (non-hydrogen) atoms. The molecule has 0 saturated carbocycles. The van der Waals surface area contributed by atoms with E-state index in [1.807, 2.05) is 13.8 Å². The standard InChI is InChI=1S/C30H42F3N5S.C2H6/c1-29(2,3)22-6-9-25(10-7-22)37-19-17-36(18-20-37)14-4-5-28(39)38-15-12-23(13-16-38)35-24-8-11-27(34)26(21-24)30(31,32)33;1-2/h6-11,21,23,35H,4-5,12-20,34H2,1-3H3;1-2H3.